The highest BCUT2D eigenvalue weighted by Gasteiger charge is 2.33. The van der Waals surface area contributed by atoms with Crippen LogP contribution < -0.4 is 5.32 Å². The minimum atomic E-state index is -1.15. The number of carboxylic acids is 1. The third-order valence-corrected chi connectivity index (χ3v) is 2.75. The summed E-state index contributed by atoms with van der Waals surface area (Å²) in [7, 11) is 1.44. The zero-order valence-electron chi connectivity index (χ0n) is 10.1. The number of carbonyl (C=O) groups excluding carboxylic acids is 1. The van der Waals surface area contributed by atoms with Crippen molar-refractivity contribution < 1.29 is 29.6 Å². The van der Waals surface area contributed by atoms with Gasteiger partial charge >= 0.3 is 12.0 Å². The van der Waals surface area contributed by atoms with Crippen LogP contribution in [0.25, 0.3) is 0 Å². The molecule has 1 rings (SSSR count). The second-order valence-corrected chi connectivity index (χ2v) is 4.16. The first-order chi connectivity index (χ1) is 8.45. The van der Waals surface area contributed by atoms with Crippen molar-refractivity contribution in [2.75, 3.05) is 26.8 Å². The monoisotopic (exact) mass is 262 g/mol. The minimum Gasteiger partial charge on any atom is -0.480 e. The van der Waals surface area contributed by atoms with Crippen molar-refractivity contribution in [3.8, 4) is 0 Å². The van der Waals surface area contributed by atoms with Gasteiger partial charge in [0.05, 0.1) is 25.3 Å². The molecule has 0 bridgehead atoms. The highest BCUT2D eigenvalue weighted by Crippen LogP contribution is 2.10. The van der Waals surface area contributed by atoms with Crippen LogP contribution in [0.5, 0.6) is 0 Å². The number of likely N-dealkylation sites (tertiary alicyclic amines) is 1. The third kappa shape index (κ3) is 3.83. The van der Waals surface area contributed by atoms with Crippen LogP contribution in [-0.4, -0.2) is 77.3 Å². The number of hydrogen-bond donors (Lipinski definition) is 4. The Labute approximate surface area is 104 Å². The molecule has 0 aromatic carbocycles. The normalized spacial score (nSPS) is 24.9. The molecule has 0 radical (unpaired) electrons. The predicted octanol–water partition coefficient (Wildman–Crippen LogP) is -1.78. The SMILES string of the molecule is COCCC(NC(=O)N1CC(O)C(O)C1)C(=O)O. The molecule has 0 aromatic heterocycles. The van der Waals surface area contributed by atoms with Gasteiger partial charge in [0.15, 0.2) is 0 Å². The number of urea groups is 1. The van der Waals surface area contributed by atoms with Crippen LogP contribution in [0, 0.1) is 0 Å². The molecule has 0 spiro atoms. The summed E-state index contributed by atoms with van der Waals surface area (Å²) in [6.45, 7) is 0.190. The maximum atomic E-state index is 11.7. The van der Waals surface area contributed by atoms with Crippen LogP contribution in [0.3, 0.4) is 0 Å². The van der Waals surface area contributed by atoms with E-state index in [1.54, 1.807) is 0 Å². The summed E-state index contributed by atoms with van der Waals surface area (Å²) < 4.78 is 4.76. The van der Waals surface area contributed by atoms with Crippen LogP contribution in [-0.2, 0) is 9.53 Å². The average Bonchev–Trinajstić information content (AvgIpc) is 2.64. The quantitative estimate of drug-likeness (QED) is 0.465. The number of rotatable bonds is 5. The molecule has 3 atom stereocenters. The molecule has 1 fully saturated rings. The van der Waals surface area contributed by atoms with E-state index in [2.05, 4.69) is 5.32 Å². The molecule has 1 aliphatic heterocycles. The maximum Gasteiger partial charge on any atom is 0.326 e. The van der Waals surface area contributed by atoms with Crippen LogP contribution in [0.2, 0.25) is 0 Å². The number of hydrogen-bond acceptors (Lipinski definition) is 5. The van der Waals surface area contributed by atoms with E-state index in [1.807, 2.05) is 0 Å². The van der Waals surface area contributed by atoms with E-state index in [0.717, 1.165) is 0 Å². The van der Waals surface area contributed by atoms with E-state index in [0.29, 0.717) is 0 Å². The van der Waals surface area contributed by atoms with E-state index < -0.39 is 30.3 Å². The molecular weight excluding hydrogens is 244 g/mol. The van der Waals surface area contributed by atoms with E-state index >= 15 is 0 Å². The minimum absolute atomic E-state index is 0.0103. The number of nitrogens with zero attached hydrogens (tertiary/aromatic N) is 1. The summed E-state index contributed by atoms with van der Waals surface area (Å²) in [6, 6.07) is -1.67. The summed E-state index contributed by atoms with van der Waals surface area (Å²) in [5.74, 6) is -1.15. The van der Waals surface area contributed by atoms with Crippen molar-refractivity contribution in [2.24, 2.45) is 0 Å². The van der Waals surface area contributed by atoms with Crippen LogP contribution >= 0.6 is 0 Å². The lowest BCUT2D eigenvalue weighted by Crippen LogP contribution is -2.48. The van der Waals surface area contributed by atoms with Gasteiger partial charge in [-0.25, -0.2) is 9.59 Å². The Kier molecular flexibility index (Phi) is 5.32. The zero-order chi connectivity index (χ0) is 13.7. The standard InChI is InChI=1S/C10H18N2O6/c1-18-3-2-6(9(15)16)11-10(17)12-4-7(13)8(14)5-12/h6-8,13-14H,2-5H2,1H3,(H,11,17)(H,15,16). The summed E-state index contributed by atoms with van der Waals surface area (Å²) in [4.78, 5) is 23.8. The largest absolute Gasteiger partial charge is 0.480 e. The highest BCUT2D eigenvalue weighted by molar-refractivity contribution is 5.82. The topological polar surface area (TPSA) is 119 Å². The zero-order valence-corrected chi connectivity index (χ0v) is 10.1. The van der Waals surface area contributed by atoms with Gasteiger partial charge in [-0.3, -0.25) is 0 Å². The molecule has 8 heteroatoms. The first-order valence-corrected chi connectivity index (χ1v) is 5.59. The highest BCUT2D eigenvalue weighted by atomic mass is 16.5. The van der Waals surface area contributed by atoms with Gasteiger partial charge in [0.25, 0.3) is 0 Å². The number of β-amino-alcohol motifs (C(OH)–C–C–N with tert-alkyl or cyclic N) is 2. The Bertz CT molecular complexity index is 301. The van der Waals surface area contributed by atoms with Gasteiger partial charge in [0.2, 0.25) is 0 Å². The second kappa shape index (κ2) is 6.53. The number of methoxy groups -OCH3 is 1. The number of aliphatic carboxylic acids is 1. The summed E-state index contributed by atoms with van der Waals surface area (Å²) in [6.07, 6.45) is -1.83. The van der Waals surface area contributed by atoms with Crippen molar-refractivity contribution in [2.45, 2.75) is 24.7 Å². The molecule has 104 valence electrons. The van der Waals surface area contributed by atoms with Gasteiger partial charge in [0.1, 0.15) is 6.04 Å². The van der Waals surface area contributed by atoms with E-state index in [4.69, 9.17) is 9.84 Å². The Morgan fingerprint density at radius 2 is 1.94 bits per heavy atom. The average molecular weight is 262 g/mol. The fourth-order valence-electron chi connectivity index (χ4n) is 1.67. The Morgan fingerprint density at radius 3 is 2.39 bits per heavy atom. The summed E-state index contributed by atoms with van der Waals surface area (Å²) >= 11 is 0. The molecular formula is C10H18N2O6. The lowest BCUT2D eigenvalue weighted by atomic mass is 10.2. The molecule has 8 nitrogen and oxygen atoms in total. The van der Waals surface area contributed by atoms with Gasteiger partial charge < -0.3 is 30.3 Å². The van der Waals surface area contributed by atoms with Crippen molar-refractivity contribution in [3.05, 3.63) is 0 Å². The summed E-state index contributed by atoms with van der Waals surface area (Å²) in [5, 5.41) is 29.8. The fourth-order valence-corrected chi connectivity index (χ4v) is 1.67. The Hall–Kier alpha value is -1.38. The first kappa shape index (κ1) is 14.7. The lowest BCUT2D eigenvalue weighted by molar-refractivity contribution is -0.139. The van der Waals surface area contributed by atoms with Crippen LogP contribution in [0.1, 0.15) is 6.42 Å². The van der Waals surface area contributed by atoms with Crippen molar-refractivity contribution in [1.82, 2.24) is 10.2 Å². The van der Waals surface area contributed by atoms with Crippen molar-refractivity contribution in [1.29, 1.82) is 0 Å². The molecule has 4 N–H and O–H groups in total. The molecule has 0 saturated carbocycles. The summed E-state index contributed by atoms with van der Waals surface area (Å²) in [5.41, 5.74) is 0. The molecule has 0 aromatic rings. The Balaban J connectivity index is 2.48. The molecule has 18 heavy (non-hydrogen) atoms. The van der Waals surface area contributed by atoms with Crippen LogP contribution in [0.4, 0.5) is 4.79 Å². The molecule has 1 saturated heterocycles. The van der Waals surface area contributed by atoms with Crippen molar-refractivity contribution in [3.63, 3.8) is 0 Å². The van der Waals surface area contributed by atoms with Gasteiger partial charge in [0, 0.05) is 20.1 Å². The van der Waals surface area contributed by atoms with Crippen LogP contribution in [0.15, 0.2) is 0 Å². The van der Waals surface area contributed by atoms with E-state index in [1.165, 1.54) is 12.0 Å². The molecule has 2 amide bonds. The van der Waals surface area contributed by atoms with Crippen molar-refractivity contribution >= 4 is 12.0 Å². The first-order valence-electron chi connectivity index (χ1n) is 5.59. The number of aliphatic hydroxyl groups excluding tert-OH is 2. The van der Waals surface area contributed by atoms with E-state index in [-0.39, 0.29) is 26.1 Å². The lowest BCUT2D eigenvalue weighted by Gasteiger charge is -2.20. The predicted molar refractivity (Wildman–Crippen MR) is 60.0 cm³/mol. The number of carboxylic acid groups (broad SMARTS) is 1. The Morgan fingerprint density at radius 1 is 1.39 bits per heavy atom. The molecule has 1 heterocycles. The van der Waals surface area contributed by atoms with Gasteiger partial charge in [-0.2, -0.15) is 0 Å². The number of ether oxygens (including phenoxy) is 1. The maximum absolute atomic E-state index is 11.7. The molecule has 1 aliphatic rings. The number of amides is 2. The van der Waals surface area contributed by atoms with Gasteiger partial charge in [-0.15, -0.1) is 0 Å². The smallest absolute Gasteiger partial charge is 0.326 e. The van der Waals surface area contributed by atoms with Gasteiger partial charge in [-0.05, 0) is 0 Å². The molecule has 3 unspecified atom stereocenters. The fraction of sp³-hybridized carbons (Fsp3) is 0.800. The van der Waals surface area contributed by atoms with Gasteiger partial charge in [-0.1, -0.05) is 0 Å². The molecule has 0 aliphatic carbocycles. The second-order valence-electron chi connectivity index (χ2n) is 4.16. The van der Waals surface area contributed by atoms with E-state index in [9.17, 15) is 19.8 Å². The number of aliphatic hydroxyl groups is 2. The third-order valence-electron chi connectivity index (χ3n) is 2.75. The number of nitrogens with one attached hydrogen (secondary N) is 1. The number of carbonyl (C=O) groups is 2.